The van der Waals surface area contributed by atoms with Gasteiger partial charge in [-0.15, -0.1) is 11.3 Å². The number of furan rings is 1. The zero-order valence-electron chi connectivity index (χ0n) is 9.43. The molecule has 5 heteroatoms. The maximum Gasteiger partial charge on any atom is 0.180 e. The summed E-state index contributed by atoms with van der Waals surface area (Å²) in [5.74, 6) is 1.93. The van der Waals surface area contributed by atoms with Gasteiger partial charge in [-0.05, 0) is 26.1 Å². The first-order valence-corrected chi connectivity index (χ1v) is 5.89. The molecule has 2 aromatic rings. The van der Waals surface area contributed by atoms with Crippen molar-refractivity contribution in [3.8, 4) is 0 Å². The summed E-state index contributed by atoms with van der Waals surface area (Å²) in [7, 11) is 2.05. The van der Waals surface area contributed by atoms with Crippen LogP contribution in [0.5, 0.6) is 0 Å². The van der Waals surface area contributed by atoms with E-state index in [-0.39, 0.29) is 0 Å². The fraction of sp³-hybridized carbons (Fsp3) is 0.364. The maximum atomic E-state index is 5.58. The van der Waals surface area contributed by atoms with E-state index in [9.17, 15) is 0 Å². The van der Waals surface area contributed by atoms with E-state index in [0.29, 0.717) is 5.13 Å². The molecule has 2 rings (SSSR count). The van der Waals surface area contributed by atoms with Gasteiger partial charge in [-0.2, -0.15) is 0 Å². The molecule has 0 atom stereocenters. The molecule has 2 N–H and O–H groups in total. The highest BCUT2D eigenvalue weighted by molar-refractivity contribution is 7.15. The lowest BCUT2D eigenvalue weighted by molar-refractivity contribution is 0.287. The Bertz CT molecular complexity index is 421. The van der Waals surface area contributed by atoms with Gasteiger partial charge in [0, 0.05) is 17.6 Å². The Morgan fingerprint density at radius 2 is 2.25 bits per heavy atom. The van der Waals surface area contributed by atoms with Gasteiger partial charge in [0.2, 0.25) is 0 Å². The summed E-state index contributed by atoms with van der Waals surface area (Å²) in [6.07, 6.45) is 1.82. The second-order valence-corrected chi connectivity index (χ2v) is 5.00. The van der Waals surface area contributed by atoms with E-state index in [1.54, 1.807) is 0 Å². The molecule has 0 fully saturated rings. The largest absolute Gasteiger partial charge is 0.465 e. The molecule has 0 aromatic carbocycles. The number of nitrogens with zero attached hydrogens (tertiary/aromatic N) is 2. The number of aryl methyl sites for hydroxylation is 1. The fourth-order valence-electron chi connectivity index (χ4n) is 1.55. The quantitative estimate of drug-likeness (QED) is 0.886. The minimum Gasteiger partial charge on any atom is -0.465 e. The highest BCUT2D eigenvalue weighted by Crippen LogP contribution is 2.17. The average Bonchev–Trinajstić information content (AvgIpc) is 2.76. The fourth-order valence-corrected chi connectivity index (χ4v) is 2.32. The van der Waals surface area contributed by atoms with Crippen molar-refractivity contribution < 1.29 is 4.42 Å². The minimum absolute atomic E-state index is 0.622. The van der Waals surface area contributed by atoms with Crippen molar-refractivity contribution in [3.05, 3.63) is 34.7 Å². The second-order valence-electron chi connectivity index (χ2n) is 3.85. The summed E-state index contributed by atoms with van der Waals surface area (Å²) in [5, 5.41) is 0.622. The van der Waals surface area contributed by atoms with E-state index in [1.807, 2.05) is 32.3 Å². The molecule has 0 aliphatic rings. The van der Waals surface area contributed by atoms with Crippen LogP contribution in [0, 0.1) is 6.92 Å². The van der Waals surface area contributed by atoms with Crippen LogP contribution in [0.3, 0.4) is 0 Å². The highest BCUT2D eigenvalue weighted by Gasteiger charge is 2.06. The molecule has 2 heterocycles. The molecule has 86 valence electrons. The van der Waals surface area contributed by atoms with Gasteiger partial charge in [0.05, 0.1) is 6.54 Å². The molecule has 0 saturated carbocycles. The number of aromatic nitrogens is 1. The van der Waals surface area contributed by atoms with Crippen LogP contribution in [0.1, 0.15) is 16.4 Å². The van der Waals surface area contributed by atoms with Crippen molar-refractivity contribution in [1.29, 1.82) is 0 Å². The lowest BCUT2D eigenvalue weighted by Gasteiger charge is -2.13. The van der Waals surface area contributed by atoms with Gasteiger partial charge in [-0.25, -0.2) is 4.98 Å². The summed E-state index contributed by atoms with van der Waals surface area (Å²) in [6.45, 7) is 3.59. The molecule has 0 bridgehead atoms. The standard InChI is InChI=1S/C11H15N3OS/c1-8-3-4-9(15-8)6-14(2)7-10-5-13-11(12)16-10/h3-5H,6-7H2,1-2H3,(H2,12,13). The van der Waals surface area contributed by atoms with Gasteiger partial charge in [-0.3, -0.25) is 4.90 Å². The van der Waals surface area contributed by atoms with E-state index in [4.69, 9.17) is 10.2 Å². The van der Waals surface area contributed by atoms with Crippen LogP contribution in [0.15, 0.2) is 22.7 Å². The first-order chi connectivity index (χ1) is 7.63. The van der Waals surface area contributed by atoms with Crippen LogP contribution >= 0.6 is 11.3 Å². The molecular weight excluding hydrogens is 222 g/mol. The summed E-state index contributed by atoms with van der Waals surface area (Å²) < 4.78 is 5.52. The van der Waals surface area contributed by atoms with Crippen molar-refractivity contribution in [2.24, 2.45) is 0 Å². The monoisotopic (exact) mass is 237 g/mol. The van der Waals surface area contributed by atoms with E-state index in [0.717, 1.165) is 24.6 Å². The van der Waals surface area contributed by atoms with E-state index in [1.165, 1.54) is 16.2 Å². The number of thiazole rings is 1. The number of rotatable bonds is 4. The third kappa shape index (κ3) is 2.84. The summed E-state index contributed by atoms with van der Waals surface area (Å²) in [5.41, 5.74) is 5.58. The predicted octanol–water partition coefficient (Wildman–Crippen LogP) is 2.26. The zero-order chi connectivity index (χ0) is 11.5. The summed E-state index contributed by atoms with van der Waals surface area (Å²) >= 11 is 1.53. The molecule has 0 spiro atoms. The van der Waals surface area contributed by atoms with Gasteiger partial charge < -0.3 is 10.2 Å². The minimum atomic E-state index is 0.622. The predicted molar refractivity (Wildman–Crippen MR) is 65.1 cm³/mol. The molecule has 0 radical (unpaired) electrons. The molecule has 0 amide bonds. The van der Waals surface area contributed by atoms with Gasteiger partial charge in [0.1, 0.15) is 11.5 Å². The molecule has 2 aromatic heterocycles. The Morgan fingerprint density at radius 3 is 2.81 bits per heavy atom. The first-order valence-electron chi connectivity index (χ1n) is 5.07. The SMILES string of the molecule is Cc1ccc(CN(C)Cc2cnc(N)s2)o1. The van der Waals surface area contributed by atoms with Crippen LogP contribution in [0.25, 0.3) is 0 Å². The van der Waals surface area contributed by atoms with E-state index < -0.39 is 0 Å². The van der Waals surface area contributed by atoms with Crippen molar-refractivity contribution in [3.63, 3.8) is 0 Å². The Labute approximate surface area is 98.7 Å². The van der Waals surface area contributed by atoms with E-state index >= 15 is 0 Å². The van der Waals surface area contributed by atoms with Crippen LogP contribution in [-0.2, 0) is 13.1 Å². The molecule has 0 aliphatic carbocycles. The molecular formula is C11H15N3OS. The summed E-state index contributed by atoms with van der Waals surface area (Å²) in [6, 6.07) is 3.99. The topological polar surface area (TPSA) is 55.3 Å². The molecule has 4 nitrogen and oxygen atoms in total. The third-order valence-electron chi connectivity index (χ3n) is 2.22. The van der Waals surface area contributed by atoms with Crippen molar-refractivity contribution in [2.45, 2.75) is 20.0 Å². The van der Waals surface area contributed by atoms with Crippen molar-refractivity contribution in [1.82, 2.24) is 9.88 Å². The van der Waals surface area contributed by atoms with Crippen molar-refractivity contribution in [2.75, 3.05) is 12.8 Å². The van der Waals surface area contributed by atoms with Crippen LogP contribution in [-0.4, -0.2) is 16.9 Å². The number of nitrogen functional groups attached to an aromatic ring is 1. The highest BCUT2D eigenvalue weighted by atomic mass is 32.1. The normalized spacial score (nSPS) is 11.2. The first kappa shape index (κ1) is 11.2. The Kier molecular flexibility index (Phi) is 3.26. The van der Waals surface area contributed by atoms with Crippen LogP contribution in [0.4, 0.5) is 5.13 Å². The molecule has 16 heavy (non-hydrogen) atoms. The Morgan fingerprint density at radius 1 is 1.44 bits per heavy atom. The van der Waals surface area contributed by atoms with Crippen LogP contribution in [0.2, 0.25) is 0 Å². The number of anilines is 1. The maximum absolute atomic E-state index is 5.58. The van der Waals surface area contributed by atoms with Gasteiger partial charge >= 0.3 is 0 Å². The summed E-state index contributed by atoms with van der Waals surface area (Å²) in [4.78, 5) is 7.37. The van der Waals surface area contributed by atoms with Crippen LogP contribution < -0.4 is 5.73 Å². The number of nitrogens with two attached hydrogens (primary N) is 1. The molecule has 0 saturated heterocycles. The lowest BCUT2D eigenvalue weighted by Crippen LogP contribution is -2.16. The lowest BCUT2D eigenvalue weighted by atomic mass is 10.4. The molecule has 0 unspecified atom stereocenters. The second kappa shape index (κ2) is 4.67. The Hall–Kier alpha value is -1.33. The van der Waals surface area contributed by atoms with Gasteiger partial charge in [0.15, 0.2) is 5.13 Å². The van der Waals surface area contributed by atoms with Gasteiger partial charge in [0.25, 0.3) is 0 Å². The zero-order valence-corrected chi connectivity index (χ0v) is 10.3. The Balaban J connectivity index is 1.91. The van der Waals surface area contributed by atoms with E-state index in [2.05, 4.69) is 9.88 Å². The smallest absolute Gasteiger partial charge is 0.180 e. The third-order valence-corrected chi connectivity index (χ3v) is 3.03. The van der Waals surface area contributed by atoms with Gasteiger partial charge in [-0.1, -0.05) is 0 Å². The number of hydrogen-bond acceptors (Lipinski definition) is 5. The van der Waals surface area contributed by atoms with Crippen molar-refractivity contribution >= 4 is 16.5 Å². The average molecular weight is 237 g/mol. The number of hydrogen-bond donors (Lipinski definition) is 1. The molecule has 0 aliphatic heterocycles.